The van der Waals surface area contributed by atoms with Gasteiger partial charge in [0.1, 0.15) is 12.1 Å². The average Bonchev–Trinajstić information content (AvgIpc) is 2.83. The van der Waals surface area contributed by atoms with Gasteiger partial charge in [-0.1, -0.05) is 18.2 Å². The number of anilines is 2. The van der Waals surface area contributed by atoms with Gasteiger partial charge in [0.25, 0.3) is 0 Å². The van der Waals surface area contributed by atoms with Crippen LogP contribution in [0.3, 0.4) is 0 Å². The number of nitrogens with zero attached hydrogens (tertiary/aromatic N) is 3. The van der Waals surface area contributed by atoms with Crippen LogP contribution in [0.25, 0.3) is 0 Å². The summed E-state index contributed by atoms with van der Waals surface area (Å²) < 4.78 is 0. The van der Waals surface area contributed by atoms with Crippen LogP contribution in [0.15, 0.2) is 36.8 Å². The van der Waals surface area contributed by atoms with E-state index in [4.69, 9.17) is 0 Å². The van der Waals surface area contributed by atoms with E-state index < -0.39 is 0 Å². The van der Waals surface area contributed by atoms with Crippen LogP contribution in [-0.2, 0) is 12.8 Å². The molecule has 16 heavy (non-hydrogen) atoms. The molecule has 1 atom stereocenters. The molecule has 0 N–H and O–H groups in total. The van der Waals surface area contributed by atoms with E-state index in [1.807, 2.05) is 6.20 Å². The first-order valence-corrected chi connectivity index (χ1v) is 5.59. The Bertz CT molecular complexity index is 515. The highest BCUT2D eigenvalue weighted by molar-refractivity contribution is 5.73. The summed E-state index contributed by atoms with van der Waals surface area (Å²) in [5.41, 5.74) is 4.05. The molecule has 1 aromatic carbocycles. The van der Waals surface area contributed by atoms with Crippen molar-refractivity contribution < 1.29 is 0 Å². The fraction of sp³-hybridized carbons (Fsp3) is 0.231. The highest BCUT2D eigenvalue weighted by atomic mass is 15.3. The van der Waals surface area contributed by atoms with E-state index in [0.29, 0.717) is 6.04 Å². The lowest BCUT2D eigenvalue weighted by molar-refractivity contribution is 0.723. The van der Waals surface area contributed by atoms with Crippen molar-refractivity contribution >= 4 is 11.5 Å². The summed E-state index contributed by atoms with van der Waals surface area (Å²) in [6.45, 7) is 0. The van der Waals surface area contributed by atoms with Gasteiger partial charge in [-0.3, -0.25) is 0 Å². The van der Waals surface area contributed by atoms with Crippen molar-refractivity contribution in [1.29, 1.82) is 0 Å². The van der Waals surface area contributed by atoms with E-state index in [9.17, 15) is 0 Å². The average molecular weight is 209 g/mol. The zero-order valence-electron chi connectivity index (χ0n) is 8.80. The van der Waals surface area contributed by atoms with Crippen LogP contribution in [0.2, 0.25) is 0 Å². The lowest BCUT2D eigenvalue weighted by Crippen LogP contribution is -2.22. The summed E-state index contributed by atoms with van der Waals surface area (Å²) in [5.74, 6) is 1.10. The van der Waals surface area contributed by atoms with Gasteiger partial charge < -0.3 is 4.90 Å². The molecule has 3 heteroatoms. The molecular weight excluding hydrogens is 198 g/mol. The van der Waals surface area contributed by atoms with E-state index in [1.54, 1.807) is 6.33 Å². The number of rotatable bonds is 0. The van der Waals surface area contributed by atoms with Gasteiger partial charge in [-0.2, -0.15) is 0 Å². The minimum absolute atomic E-state index is 0.559. The Morgan fingerprint density at radius 3 is 3.00 bits per heavy atom. The van der Waals surface area contributed by atoms with Crippen molar-refractivity contribution in [2.45, 2.75) is 18.9 Å². The molecular formula is C13H11N3. The number of fused-ring (bicyclic) bond motifs is 5. The van der Waals surface area contributed by atoms with Gasteiger partial charge in [0.2, 0.25) is 0 Å². The summed E-state index contributed by atoms with van der Waals surface area (Å²) in [4.78, 5) is 10.9. The summed E-state index contributed by atoms with van der Waals surface area (Å²) in [5, 5.41) is 0. The lowest BCUT2D eigenvalue weighted by atomic mass is 10.1. The van der Waals surface area contributed by atoms with Crippen LogP contribution in [0.5, 0.6) is 0 Å². The molecule has 0 aliphatic carbocycles. The molecule has 2 aliphatic rings. The third-order valence-electron chi connectivity index (χ3n) is 3.52. The first-order chi connectivity index (χ1) is 7.93. The van der Waals surface area contributed by atoms with Crippen LogP contribution in [-0.4, -0.2) is 16.0 Å². The van der Waals surface area contributed by atoms with Gasteiger partial charge in [-0.05, 0) is 24.5 Å². The number of para-hydroxylation sites is 1. The van der Waals surface area contributed by atoms with Gasteiger partial charge in [-0.25, -0.2) is 9.97 Å². The van der Waals surface area contributed by atoms with E-state index in [0.717, 1.165) is 18.7 Å². The maximum absolute atomic E-state index is 4.42. The van der Waals surface area contributed by atoms with Crippen LogP contribution < -0.4 is 4.90 Å². The molecule has 3 heterocycles. The first-order valence-electron chi connectivity index (χ1n) is 5.59. The molecule has 0 radical (unpaired) electrons. The van der Waals surface area contributed by atoms with Gasteiger partial charge in [0.15, 0.2) is 0 Å². The van der Waals surface area contributed by atoms with Gasteiger partial charge in [0.05, 0.1) is 0 Å². The Balaban J connectivity index is 1.93. The zero-order valence-corrected chi connectivity index (χ0v) is 8.80. The van der Waals surface area contributed by atoms with Gasteiger partial charge >= 0.3 is 0 Å². The van der Waals surface area contributed by atoms with Crippen molar-refractivity contribution in [3.63, 3.8) is 0 Å². The molecule has 4 rings (SSSR count). The predicted octanol–water partition coefficient (Wildman–Crippen LogP) is 2.10. The largest absolute Gasteiger partial charge is 0.322 e. The van der Waals surface area contributed by atoms with Gasteiger partial charge in [-0.15, -0.1) is 0 Å². The summed E-state index contributed by atoms with van der Waals surface area (Å²) in [7, 11) is 0. The Labute approximate surface area is 93.8 Å². The molecule has 0 saturated heterocycles. The molecule has 1 unspecified atom stereocenters. The molecule has 78 valence electrons. The highest BCUT2D eigenvalue weighted by Crippen LogP contribution is 2.44. The number of aromatic nitrogens is 2. The minimum Gasteiger partial charge on any atom is -0.322 e. The quantitative estimate of drug-likeness (QED) is 0.665. The molecule has 0 amide bonds. The third kappa shape index (κ3) is 0.927. The van der Waals surface area contributed by atoms with Crippen LogP contribution in [0.4, 0.5) is 11.5 Å². The maximum atomic E-state index is 4.42. The molecule has 0 bridgehead atoms. The minimum atomic E-state index is 0.559. The monoisotopic (exact) mass is 209 g/mol. The third-order valence-corrected chi connectivity index (χ3v) is 3.52. The Morgan fingerprint density at radius 1 is 1.12 bits per heavy atom. The van der Waals surface area contributed by atoms with Crippen molar-refractivity contribution in [3.05, 3.63) is 47.9 Å². The normalized spacial score (nSPS) is 20.5. The smallest absolute Gasteiger partial charge is 0.139 e. The predicted molar refractivity (Wildman–Crippen MR) is 61.8 cm³/mol. The van der Waals surface area contributed by atoms with Crippen molar-refractivity contribution in [3.8, 4) is 0 Å². The Morgan fingerprint density at radius 2 is 2.00 bits per heavy atom. The first kappa shape index (κ1) is 8.28. The standard InChI is InChI=1S/C13H11N3/c1-2-4-12-9(3-1)5-11-6-10-7-14-8-15-13(10)16(11)12/h1-4,7-8,11H,5-6H2. The highest BCUT2D eigenvalue weighted by Gasteiger charge is 2.37. The van der Waals surface area contributed by atoms with Crippen molar-refractivity contribution in [2.75, 3.05) is 4.90 Å². The molecule has 0 fully saturated rings. The van der Waals surface area contributed by atoms with Crippen molar-refractivity contribution in [2.24, 2.45) is 0 Å². The van der Waals surface area contributed by atoms with E-state index in [2.05, 4.69) is 39.1 Å². The summed E-state index contributed by atoms with van der Waals surface area (Å²) in [6, 6.07) is 9.17. The number of hydrogen-bond donors (Lipinski definition) is 0. The zero-order chi connectivity index (χ0) is 10.5. The SMILES string of the molecule is c1ccc2c(c1)CC1Cc3cncnc3N21. The second-order valence-corrected chi connectivity index (χ2v) is 4.43. The Kier molecular flexibility index (Phi) is 1.46. The molecule has 2 aromatic rings. The van der Waals surface area contributed by atoms with E-state index >= 15 is 0 Å². The van der Waals surface area contributed by atoms with Crippen LogP contribution in [0.1, 0.15) is 11.1 Å². The van der Waals surface area contributed by atoms with Gasteiger partial charge in [0, 0.05) is 23.5 Å². The molecule has 2 aliphatic heterocycles. The van der Waals surface area contributed by atoms with Crippen LogP contribution in [0, 0.1) is 0 Å². The lowest BCUT2D eigenvalue weighted by Gasteiger charge is -2.18. The van der Waals surface area contributed by atoms with Crippen molar-refractivity contribution in [1.82, 2.24) is 9.97 Å². The Hall–Kier alpha value is -1.90. The fourth-order valence-corrected chi connectivity index (χ4v) is 2.88. The molecule has 1 aromatic heterocycles. The van der Waals surface area contributed by atoms with E-state index in [1.165, 1.54) is 16.8 Å². The summed E-state index contributed by atoms with van der Waals surface area (Å²) >= 11 is 0. The van der Waals surface area contributed by atoms with Crippen LogP contribution >= 0.6 is 0 Å². The maximum Gasteiger partial charge on any atom is 0.139 e. The summed E-state index contributed by atoms with van der Waals surface area (Å²) in [6.07, 6.45) is 5.79. The topological polar surface area (TPSA) is 29.0 Å². The molecule has 3 nitrogen and oxygen atoms in total. The number of benzene rings is 1. The number of hydrogen-bond acceptors (Lipinski definition) is 3. The van der Waals surface area contributed by atoms with E-state index in [-0.39, 0.29) is 0 Å². The molecule has 0 spiro atoms. The molecule has 0 saturated carbocycles. The second-order valence-electron chi connectivity index (χ2n) is 4.43. The second kappa shape index (κ2) is 2.82. The fourth-order valence-electron chi connectivity index (χ4n) is 2.88.